The normalized spacial score (nSPS) is 4.89. The van der Waals surface area contributed by atoms with E-state index in [0.29, 0.717) is 0 Å². The quantitative estimate of drug-likeness (QED) is 0.311. The zero-order valence-corrected chi connectivity index (χ0v) is 7.50. The predicted molar refractivity (Wildman–Crippen MR) is 33.3 cm³/mol. The van der Waals surface area contributed by atoms with Crippen molar-refractivity contribution >= 4 is 5.97 Å². The largest absolute Gasteiger partial charge is 1.00 e. The number of carboxylic acid groups (broad SMARTS) is 1. The van der Waals surface area contributed by atoms with E-state index < -0.39 is 5.97 Å². The number of aliphatic carboxylic acids is 1. The van der Waals surface area contributed by atoms with Crippen molar-refractivity contribution in [1.82, 2.24) is 0 Å². The van der Waals surface area contributed by atoms with Crippen molar-refractivity contribution in [2.45, 2.75) is 0 Å². The van der Waals surface area contributed by atoms with Crippen LogP contribution in [0.5, 0.6) is 0 Å². The van der Waals surface area contributed by atoms with Gasteiger partial charge in [0.25, 0.3) is 0 Å². The van der Waals surface area contributed by atoms with Crippen LogP contribution in [-0.4, -0.2) is 11.1 Å². The molecule has 4 heteroatoms. The summed E-state index contributed by atoms with van der Waals surface area (Å²) in [5, 5.41) is 7.60. The van der Waals surface area contributed by atoms with Gasteiger partial charge in [-0.3, -0.25) is 0 Å². The third kappa shape index (κ3) is 83.7. The fourth-order valence-electron chi connectivity index (χ4n) is 0. The SMILES string of the molecule is C=CC(=O)O.C=CN.[H-].[Na+]. The molecule has 0 aliphatic heterocycles. The molecule has 0 aromatic rings. The third-order valence-electron chi connectivity index (χ3n) is 0.175. The summed E-state index contributed by atoms with van der Waals surface area (Å²) in [7, 11) is 0. The molecule has 9 heavy (non-hydrogen) atoms. The van der Waals surface area contributed by atoms with Crippen molar-refractivity contribution in [3.63, 3.8) is 0 Å². The van der Waals surface area contributed by atoms with Crippen LogP contribution in [0.25, 0.3) is 0 Å². The van der Waals surface area contributed by atoms with E-state index in [-0.39, 0.29) is 31.0 Å². The van der Waals surface area contributed by atoms with Crippen LogP contribution in [0.1, 0.15) is 1.43 Å². The molecule has 0 saturated heterocycles. The fourth-order valence-corrected chi connectivity index (χ4v) is 0. The molecule has 3 nitrogen and oxygen atoms in total. The van der Waals surface area contributed by atoms with Gasteiger partial charge in [0.2, 0.25) is 0 Å². The zero-order chi connectivity index (χ0) is 6.99. The number of carboxylic acids is 1. The molecule has 0 heterocycles. The van der Waals surface area contributed by atoms with Gasteiger partial charge in [-0.25, -0.2) is 4.79 Å². The Balaban J connectivity index is -0.0000000326. The Labute approximate surface area is 78.0 Å². The second-order valence-electron chi connectivity index (χ2n) is 0.778. The van der Waals surface area contributed by atoms with Crippen molar-refractivity contribution in [3.8, 4) is 0 Å². The van der Waals surface area contributed by atoms with E-state index in [2.05, 4.69) is 18.9 Å². The molecule has 48 valence electrons. The maximum absolute atomic E-state index is 9.25. The number of hydrogen-bond acceptors (Lipinski definition) is 2. The zero-order valence-electron chi connectivity index (χ0n) is 6.50. The molecule has 0 unspecified atom stereocenters. The van der Waals surface area contributed by atoms with Crippen LogP contribution in [0.3, 0.4) is 0 Å². The van der Waals surface area contributed by atoms with Crippen molar-refractivity contribution in [2.24, 2.45) is 5.73 Å². The van der Waals surface area contributed by atoms with E-state index in [0.717, 1.165) is 6.08 Å². The first kappa shape index (κ1) is 15.9. The Morgan fingerprint density at radius 2 is 1.78 bits per heavy atom. The van der Waals surface area contributed by atoms with Gasteiger partial charge in [-0.15, -0.1) is 0 Å². The van der Waals surface area contributed by atoms with Crippen LogP contribution in [0.4, 0.5) is 0 Å². The molecule has 0 aliphatic rings. The molecule has 0 amide bonds. The molecule has 0 aliphatic carbocycles. The second kappa shape index (κ2) is 15.7. The van der Waals surface area contributed by atoms with E-state index in [4.69, 9.17) is 5.11 Å². The summed E-state index contributed by atoms with van der Waals surface area (Å²) < 4.78 is 0. The summed E-state index contributed by atoms with van der Waals surface area (Å²) in [5.41, 5.74) is 4.61. The first-order valence-corrected chi connectivity index (χ1v) is 1.87. The molecular weight excluding hydrogens is 129 g/mol. The van der Waals surface area contributed by atoms with E-state index >= 15 is 0 Å². The minimum Gasteiger partial charge on any atom is -1.00 e. The van der Waals surface area contributed by atoms with Crippen LogP contribution >= 0.6 is 0 Å². The minimum atomic E-state index is -0.981. The Hall–Kier alpha value is -0.250. The van der Waals surface area contributed by atoms with Gasteiger partial charge in [0.15, 0.2) is 0 Å². The monoisotopic (exact) mass is 139 g/mol. The molecule has 0 aromatic heterocycles. The molecule has 3 N–H and O–H groups in total. The van der Waals surface area contributed by atoms with Crippen LogP contribution in [0.2, 0.25) is 0 Å². The maximum Gasteiger partial charge on any atom is 1.00 e. The van der Waals surface area contributed by atoms with Crippen molar-refractivity contribution < 1.29 is 40.9 Å². The summed E-state index contributed by atoms with van der Waals surface area (Å²) in [4.78, 5) is 9.25. The summed E-state index contributed by atoms with van der Waals surface area (Å²) in [6.45, 7) is 6.10. The Bertz CT molecular complexity index is 97.6. The Morgan fingerprint density at radius 3 is 1.78 bits per heavy atom. The van der Waals surface area contributed by atoms with Crippen molar-refractivity contribution in [3.05, 3.63) is 25.4 Å². The first-order chi connectivity index (χ1) is 3.68. The Morgan fingerprint density at radius 1 is 1.67 bits per heavy atom. The summed E-state index contributed by atoms with van der Waals surface area (Å²) in [5.74, 6) is -0.981. The molecule has 0 fully saturated rings. The van der Waals surface area contributed by atoms with Gasteiger partial charge in [-0.2, -0.15) is 0 Å². The first-order valence-electron chi connectivity index (χ1n) is 1.87. The molecular formula is C5H10NNaO2. The van der Waals surface area contributed by atoms with Crippen molar-refractivity contribution in [2.75, 3.05) is 0 Å². The Kier molecular flexibility index (Phi) is 27.6. The molecule has 0 bridgehead atoms. The van der Waals surface area contributed by atoms with Gasteiger partial charge in [-0.1, -0.05) is 13.2 Å². The van der Waals surface area contributed by atoms with Crippen LogP contribution < -0.4 is 35.3 Å². The van der Waals surface area contributed by atoms with Gasteiger partial charge >= 0.3 is 35.5 Å². The summed E-state index contributed by atoms with van der Waals surface area (Å²) in [6.07, 6.45) is 2.08. The fraction of sp³-hybridized carbons (Fsp3) is 0. The van der Waals surface area contributed by atoms with E-state index in [1.165, 1.54) is 6.20 Å². The van der Waals surface area contributed by atoms with E-state index in [9.17, 15) is 4.79 Å². The molecule has 0 spiro atoms. The van der Waals surface area contributed by atoms with Gasteiger partial charge in [0, 0.05) is 6.08 Å². The maximum atomic E-state index is 9.25. The standard InChI is InChI=1S/C3H4O2.C2H5N.Na.H/c1-2-3(4)5;1-2-3;;/h2H,1H2,(H,4,5);2H,1,3H2;;/q;;+1;-1. The molecule has 0 atom stereocenters. The molecule has 0 aromatic carbocycles. The van der Waals surface area contributed by atoms with Gasteiger partial charge in [0.05, 0.1) is 0 Å². The average Bonchev–Trinajstić information content (AvgIpc) is 1.69. The van der Waals surface area contributed by atoms with E-state index in [1.807, 2.05) is 0 Å². The molecule has 0 radical (unpaired) electrons. The van der Waals surface area contributed by atoms with Gasteiger partial charge in [0.1, 0.15) is 0 Å². The average molecular weight is 139 g/mol. The van der Waals surface area contributed by atoms with Gasteiger partial charge < -0.3 is 12.3 Å². The summed E-state index contributed by atoms with van der Waals surface area (Å²) in [6, 6.07) is 0. The third-order valence-corrected chi connectivity index (χ3v) is 0.175. The number of rotatable bonds is 1. The minimum absolute atomic E-state index is 0. The molecule has 0 saturated carbocycles. The smallest absolute Gasteiger partial charge is 1.00 e. The van der Waals surface area contributed by atoms with Crippen LogP contribution in [0.15, 0.2) is 25.4 Å². The number of carbonyl (C=O) groups is 1. The van der Waals surface area contributed by atoms with Crippen LogP contribution in [-0.2, 0) is 4.79 Å². The molecule has 0 rings (SSSR count). The van der Waals surface area contributed by atoms with Crippen LogP contribution in [0, 0.1) is 0 Å². The number of nitrogens with two attached hydrogens (primary N) is 1. The van der Waals surface area contributed by atoms with E-state index in [1.54, 1.807) is 0 Å². The summed E-state index contributed by atoms with van der Waals surface area (Å²) >= 11 is 0. The van der Waals surface area contributed by atoms with Gasteiger partial charge in [-0.05, 0) is 6.20 Å². The topological polar surface area (TPSA) is 63.3 Å². The second-order valence-corrected chi connectivity index (χ2v) is 0.778. The number of hydrogen-bond donors (Lipinski definition) is 2. The van der Waals surface area contributed by atoms with Crippen molar-refractivity contribution in [1.29, 1.82) is 0 Å². The predicted octanol–water partition coefficient (Wildman–Crippen LogP) is -2.54.